The summed E-state index contributed by atoms with van der Waals surface area (Å²) in [6.07, 6.45) is -0.710. The summed E-state index contributed by atoms with van der Waals surface area (Å²) in [4.78, 5) is 19.8. The molecule has 0 amide bonds. The Morgan fingerprint density at radius 2 is 1.94 bits per heavy atom. The van der Waals surface area contributed by atoms with Gasteiger partial charge in [-0.05, 0) is 0 Å². The van der Waals surface area contributed by atoms with Crippen molar-refractivity contribution >= 4 is 15.0 Å². The van der Waals surface area contributed by atoms with Crippen LogP contribution in [0.5, 0.6) is 0 Å². The molecule has 1 aromatic rings. The Hall–Kier alpha value is -1.64. The van der Waals surface area contributed by atoms with Gasteiger partial charge in [-0.15, -0.1) is 0 Å². The fourth-order valence-corrected chi connectivity index (χ4v) is 2.67. The van der Waals surface area contributed by atoms with Crippen LogP contribution < -0.4 is 0 Å². The fourth-order valence-electron chi connectivity index (χ4n) is 1.39. The van der Waals surface area contributed by atoms with Crippen molar-refractivity contribution in [3.63, 3.8) is 0 Å². The molecule has 0 aliphatic heterocycles. The summed E-state index contributed by atoms with van der Waals surface area (Å²) in [5, 5.41) is 30.9. The van der Waals surface area contributed by atoms with Crippen molar-refractivity contribution < 1.29 is 15.0 Å². The molecule has 0 radical (unpaired) electrons. The number of nitrogens with zero attached hydrogens (tertiary/aromatic N) is 4. The Kier molecular flexibility index (Phi) is 2.54. The molecule has 0 saturated carbocycles. The van der Waals surface area contributed by atoms with Crippen LogP contribution in [0.3, 0.4) is 0 Å². The van der Waals surface area contributed by atoms with Gasteiger partial charge in [0.05, 0.1) is 0 Å². The van der Waals surface area contributed by atoms with Crippen LogP contribution in [0.2, 0.25) is 0 Å². The van der Waals surface area contributed by atoms with Crippen LogP contribution >= 0.6 is 0 Å². The van der Waals surface area contributed by atoms with Gasteiger partial charge in [0.15, 0.2) is 0 Å². The SMILES string of the molecule is O=[N+]([O-])C1=CC([N+](=O)[O-])c2n[se]nc2C1O. The van der Waals surface area contributed by atoms with Crippen LogP contribution in [-0.2, 0) is 0 Å². The molecule has 2 unspecified atom stereocenters. The molecule has 2 rings (SSSR count). The molecule has 84 valence electrons. The fraction of sp³-hybridized carbons (Fsp3) is 0.333. The minimum atomic E-state index is -1.52. The number of rotatable bonds is 2. The van der Waals surface area contributed by atoms with Crippen molar-refractivity contribution in [2.24, 2.45) is 0 Å². The maximum absolute atomic E-state index is 10.7. The summed E-state index contributed by atoms with van der Waals surface area (Å²) in [5.41, 5.74) is -0.629. The van der Waals surface area contributed by atoms with E-state index in [1.165, 1.54) is 0 Å². The summed E-state index contributed by atoms with van der Waals surface area (Å²) in [7, 11) is 0. The molecule has 1 N–H and O–H groups in total. The van der Waals surface area contributed by atoms with E-state index in [4.69, 9.17) is 0 Å². The van der Waals surface area contributed by atoms with E-state index in [0.29, 0.717) is 0 Å². The van der Waals surface area contributed by atoms with Crippen LogP contribution in [0.4, 0.5) is 0 Å². The molecule has 1 aliphatic carbocycles. The van der Waals surface area contributed by atoms with Gasteiger partial charge in [0.1, 0.15) is 0 Å². The summed E-state index contributed by atoms with van der Waals surface area (Å²) in [6, 6.07) is -1.38. The molecule has 1 aliphatic rings. The van der Waals surface area contributed by atoms with E-state index >= 15 is 0 Å². The number of aliphatic hydroxyl groups is 1. The molecule has 1 aromatic heterocycles. The van der Waals surface area contributed by atoms with E-state index in [-0.39, 0.29) is 11.4 Å². The summed E-state index contributed by atoms with van der Waals surface area (Å²) >= 11 is -0.570. The van der Waals surface area contributed by atoms with E-state index in [2.05, 4.69) is 7.96 Å². The Balaban J connectivity index is 2.55. The topological polar surface area (TPSA) is 132 Å². The number of hydrogen-bond donors (Lipinski definition) is 1. The first-order valence-electron chi connectivity index (χ1n) is 4.02. The third kappa shape index (κ3) is 1.52. The van der Waals surface area contributed by atoms with Crippen molar-refractivity contribution in [3.8, 4) is 0 Å². The molecule has 0 fully saturated rings. The van der Waals surface area contributed by atoms with E-state index in [1.807, 2.05) is 0 Å². The first kappa shape index (κ1) is 10.9. The van der Waals surface area contributed by atoms with Crippen molar-refractivity contribution in [3.05, 3.63) is 43.4 Å². The monoisotopic (exact) mass is 292 g/mol. The number of aromatic nitrogens is 2. The third-order valence-corrected chi connectivity index (χ3v) is 3.29. The Bertz CT molecular complexity index is 497. The zero-order valence-electron chi connectivity index (χ0n) is 7.51. The summed E-state index contributed by atoms with van der Waals surface area (Å²) < 4.78 is 7.59. The van der Waals surface area contributed by atoms with Gasteiger partial charge in [-0.1, -0.05) is 0 Å². The first-order chi connectivity index (χ1) is 7.52. The predicted octanol–water partition coefficient (Wildman–Crippen LogP) is -0.941. The van der Waals surface area contributed by atoms with E-state index in [0.717, 1.165) is 6.08 Å². The van der Waals surface area contributed by atoms with Gasteiger partial charge >= 0.3 is 93.4 Å². The second-order valence-electron chi connectivity index (χ2n) is 3.02. The van der Waals surface area contributed by atoms with Gasteiger partial charge in [0.2, 0.25) is 0 Å². The van der Waals surface area contributed by atoms with Gasteiger partial charge in [-0.3, -0.25) is 0 Å². The molecule has 10 heteroatoms. The zero-order chi connectivity index (χ0) is 11.9. The van der Waals surface area contributed by atoms with Gasteiger partial charge in [-0.2, -0.15) is 0 Å². The van der Waals surface area contributed by atoms with Crippen LogP contribution in [0, 0.1) is 20.2 Å². The number of nitro groups is 2. The van der Waals surface area contributed by atoms with Crippen LogP contribution in [-0.4, -0.2) is 37.9 Å². The minimum absolute atomic E-state index is 0.0306. The summed E-state index contributed by atoms with van der Waals surface area (Å²) in [5.74, 6) is 0. The van der Waals surface area contributed by atoms with Gasteiger partial charge in [0, 0.05) is 0 Å². The first-order valence-corrected chi connectivity index (χ1v) is 5.55. The number of aliphatic hydroxyl groups excluding tert-OH is 1. The normalized spacial score (nSPS) is 23.4. The van der Waals surface area contributed by atoms with Crippen LogP contribution in [0.25, 0.3) is 0 Å². The van der Waals surface area contributed by atoms with Crippen molar-refractivity contribution in [1.82, 2.24) is 7.96 Å². The Labute approximate surface area is 93.9 Å². The Morgan fingerprint density at radius 1 is 1.31 bits per heavy atom. The zero-order valence-corrected chi connectivity index (χ0v) is 9.22. The number of fused-ring (bicyclic) bond motifs is 1. The van der Waals surface area contributed by atoms with Crippen LogP contribution in [0.1, 0.15) is 23.5 Å². The average Bonchev–Trinajstić information content (AvgIpc) is 2.66. The van der Waals surface area contributed by atoms with E-state index < -0.39 is 42.7 Å². The molecule has 2 atom stereocenters. The standard InChI is InChI=1S/C6H4N4O5Se/c11-6-3(10(14)15)1-2(9(12)13)4-5(6)8-16-7-4/h1-2,6,11H. The summed E-state index contributed by atoms with van der Waals surface area (Å²) in [6.45, 7) is 0. The second kappa shape index (κ2) is 3.74. The quantitative estimate of drug-likeness (QED) is 0.422. The molecule has 0 bridgehead atoms. The van der Waals surface area contributed by atoms with E-state index in [9.17, 15) is 25.3 Å². The van der Waals surface area contributed by atoms with Crippen LogP contribution in [0.15, 0.2) is 11.8 Å². The molecular weight excluding hydrogens is 287 g/mol. The van der Waals surface area contributed by atoms with Crippen molar-refractivity contribution in [2.75, 3.05) is 0 Å². The van der Waals surface area contributed by atoms with E-state index in [1.54, 1.807) is 0 Å². The molecule has 1 heterocycles. The molecule has 0 spiro atoms. The third-order valence-electron chi connectivity index (χ3n) is 2.13. The molecular formula is C6H4N4O5Se. The van der Waals surface area contributed by atoms with Gasteiger partial charge in [0.25, 0.3) is 0 Å². The molecule has 0 aromatic carbocycles. The van der Waals surface area contributed by atoms with Crippen molar-refractivity contribution in [1.29, 1.82) is 0 Å². The second-order valence-corrected chi connectivity index (χ2v) is 4.12. The van der Waals surface area contributed by atoms with Gasteiger partial charge in [-0.25, -0.2) is 0 Å². The molecule has 9 nitrogen and oxygen atoms in total. The molecule has 0 saturated heterocycles. The molecule has 16 heavy (non-hydrogen) atoms. The van der Waals surface area contributed by atoms with Crippen molar-refractivity contribution in [2.45, 2.75) is 12.1 Å². The Morgan fingerprint density at radius 3 is 2.50 bits per heavy atom. The number of hydrogen-bond acceptors (Lipinski definition) is 7. The average molecular weight is 291 g/mol. The predicted molar refractivity (Wildman–Crippen MR) is 48.7 cm³/mol. The maximum atomic E-state index is 10.7. The van der Waals surface area contributed by atoms with Gasteiger partial charge < -0.3 is 0 Å².